The summed E-state index contributed by atoms with van der Waals surface area (Å²) in [6.07, 6.45) is 0. The first kappa shape index (κ1) is 13.8. The maximum atomic E-state index is 12.1. The lowest BCUT2D eigenvalue weighted by Gasteiger charge is -2.11. The van der Waals surface area contributed by atoms with Gasteiger partial charge in [-0.2, -0.15) is 0 Å². The van der Waals surface area contributed by atoms with E-state index in [0.29, 0.717) is 5.75 Å². The van der Waals surface area contributed by atoms with Gasteiger partial charge in [0.25, 0.3) is 0 Å². The molecule has 0 saturated carbocycles. The Balaban J connectivity index is 0.000000184. The van der Waals surface area contributed by atoms with Crippen molar-refractivity contribution >= 4 is 5.69 Å². The molecule has 0 saturated heterocycles. The molecule has 2 aromatic carbocycles. The van der Waals surface area contributed by atoms with Crippen LogP contribution < -0.4 is 4.90 Å². The summed E-state index contributed by atoms with van der Waals surface area (Å²) >= 11 is 0. The van der Waals surface area contributed by atoms with E-state index in [1.54, 1.807) is 18.2 Å². The first-order valence-corrected chi connectivity index (χ1v) is 5.40. The number of halogens is 1. The Bertz CT molecular complexity index is 480. The van der Waals surface area contributed by atoms with Gasteiger partial charge < -0.3 is 15.1 Å². The second-order valence-corrected chi connectivity index (χ2v) is 3.87. The highest BCUT2D eigenvalue weighted by Gasteiger charge is 1.93. The predicted molar refractivity (Wildman–Crippen MR) is 70.5 cm³/mol. The Labute approximate surface area is 106 Å². The van der Waals surface area contributed by atoms with Gasteiger partial charge in [-0.1, -0.05) is 18.2 Å². The summed E-state index contributed by atoms with van der Waals surface area (Å²) in [5.41, 5.74) is 1.01. The standard InChI is InChI=1S/C8H11NO.C6H5FO/c1-9(2)7-4-3-5-8(10)6-7;7-5-3-1-2-4-6(5)8/h3-6,10H,1-2H3;1-4,8H. The largest absolute Gasteiger partial charge is 0.508 e. The predicted octanol–water partition coefficient (Wildman–Crippen LogP) is 2.99. The minimum Gasteiger partial charge on any atom is -0.508 e. The molecule has 4 heteroatoms. The summed E-state index contributed by atoms with van der Waals surface area (Å²) < 4.78 is 12.1. The number of nitrogens with zero attached hydrogens (tertiary/aromatic N) is 1. The maximum Gasteiger partial charge on any atom is 0.164 e. The average Bonchev–Trinajstić information content (AvgIpc) is 2.34. The van der Waals surface area contributed by atoms with Gasteiger partial charge in [-0.25, -0.2) is 4.39 Å². The van der Waals surface area contributed by atoms with Crippen molar-refractivity contribution in [3.8, 4) is 11.5 Å². The van der Waals surface area contributed by atoms with Gasteiger partial charge >= 0.3 is 0 Å². The number of hydrogen-bond acceptors (Lipinski definition) is 3. The molecule has 18 heavy (non-hydrogen) atoms. The van der Waals surface area contributed by atoms with E-state index >= 15 is 0 Å². The maximum absolute atomic E-state index is 12.1. The van der Waals surface area contributed by atoms with E-state index in [9.17, 15) is 4.39 Å². The molecule has 0 fully saturated rings. The summed E-state index contributed by atoms with van der Waals surface area (Å²) in [6, 6.07) is 12.7. The molecule has 0 atom stereocenters. The lowest BCUT2D eigenvalue weighted by Crippen LogP contribution is -2.07. The van der Waals surface area contributed by atoms with Crippen LogP contribution in [0.1, 0.15) is 0 Å². The van der Waals surface area contributed by atoms with E-state index in [1.807, 2.05) is 31.1 Å². The normalized spacial score (nSPS) is 9.28. The van der Waals surface area contributed by atoms with Crippen LogP contribution >= 0.6 is 0 Å². The van der Waals surface area contributed by atoms with E-state index < -0.39 is 5.82 Å². The third kappa shape index (κ3) is 4.33. The van der Waals surface area contributed by atoms with Crippen LogP contribution in [0.5, 0.6) is 11.5 Å². The van der Waals surface area contributed by atoms with Crippen LogP contribution in [0.3, 0.4) is 0 Å². The van der Waals surface area contributed by atoms with Crippen molar-refractivity contribution in [2.24, 2.45) is 0 Å². The second-order valence-electron chi connectivity index (χ2n) is 3.87. The molecule has 2 N–H and O–H groups in total. The number of phenolic OH excluding ortho intramolecular Hbond substituents is 2. The third-order valence-electron chi connectivity index (χ3n) is 2.20. The topological polar surface area (TPSA) is 43.7 Å². The first-order chi connectivity index (χ1) is 8.50. The van der Waals surface area contributed by atoms with E-state index in [-0.39, 0.29) is 5.75 Å². The molecule has 0 aromatic heterocycles. The zero-order valence-electron chi connectivity index (χ0n) is 10.3. The van der Waals surface area contributed by atoms with Crippen LogP contribution in [0.2, 0.25) is 0 Å². The third-order valence-corrected chi connectivity index (χ3v) is 2.20. The van der Waals surface area contributed by atoms with Crippen LogP contribution in [0, 0.1) is 5.82 Å². The number of para-hydroxylation sites is 1. The molecule has 0 aliphatic rings. The van der Waals surface area contributed by atoms with Crippen LogP contribution in [-0.4, -0.2) is 24.3 Å². The fourth-order valence-corrected chi connectivity index (χ4v) is 1.22. The SMILES string of the molecule is CN(C)c1cccc(O)c1.Oc1ccccc1F. The molecule has 96 valence electrons. The Morgan fingerprint density at radius 2 is 1.61 bits per heavy atom. The molecule has 2 aromatic rings. The molecule has 0 aliphatic carbocycles. The molecule has 2 rings (SSSR count). The fourth-order valence-electron chi connectivity index (χ4n) is 1.22. The summed E-state index contributed by atoms with van der Waals surface area (Å²) in [6.45, 7) is 0. The van der Waals surface area contributed by atoms with Crippen molar-refractivity contribution in [1.82, 2.24) is 0 Å². The molecule has 0 heterocycles. The minimum absolute atomic E-state index is 0.299. The minimum atomic E-state index is -0.576. The smallest absolute Gasteiger partial charge is 0.164 e. The van der Waals surface area contributed by atoms with Gasteiger partial charge in [-0.3, -0.25) is 0 Å². The van der Waals surface area contributed by atoms with E-state index in [1.165, 1.54) is 18.2 Å². The molecule has 0 spiro atoms. The summed E-state index contributed by atoms with van der Waals surface area (Å²) in [4.78, 5) is 1.94. The second kappa shape index (κ2) is 6.49. The van der Waals surface area contributed by atoms with Crippen molar-refractivity contribution < 1.29 is 14.6 Å². The summed E-state index contributed by atoms with van der Waals surface area (Å²) in [5.74, 6) is -0.564. The van der Waals surface area contributed by atoms with Crippen molar-refractivity contribution in [3.63, 3.8) is 0 Å². The monoisotopic (exact) mass is 249 g/mol. The van der Waals surface area contributed by atoms with Gasteiger partial charge in [0, 0.05) is 25.8 Å². The van der Waals surface area contributed by atoms with Gasteiger partial charge in [0.05, 0.1) is 0 Å². The lowest BCUT2D eigenvalue weighted by atomic mass is 10.3. The zero-order chi connectivity index (χ0) is 13.5. The number of aromatic hydroxyl groups is 2. The highest BCUT2D eigenvalue weighted by atomic mass is 19.1. The van der Waals surface area contributed by atoms with Crippen molar-refractivity contribution in [2.75, 3.05) is 19.0 Å². The van der Waals surface area contributed by atoms with E-state index in [2.05, 4.69) is 0 Å². The molecule has 0 amide bonds. The number of benzene rings is 2. The van der Waals surface area contributed by atoms with Crippen molar-refractivity contribution in [3.05, 3.63) is 54.3 Å². The molecular weight excluding hydrogens is 233 g/mol. The summed E-state index contributed by atoms with van der Waals surface area (Å²) in [7, 11) is 3.88. The Kier molecular flexibility index (Phi) is 4.99. The Morgan fingerprint density at radius 3 is 2.00 bits per heavy atom. The quantitative estimate of drug-likeness (QED) is 0.816. The van der Waals surface area contributed by atoms with Crippen LogP contribution in [0.15, 0.2) is 48.5 Å². The zero-order valence-corrected chi connectivity index (χ0v) is 10.3. The first-order valence-electron chi connectivity index (χ1n) is 5.40. The Morgan fingerprint density at radius 1 is 0.944 bits per heavy atom. The van der Waals surface area contributed by atoms with Crippen LogP contribution in [-0.2, 0) is 0 Å². The molecule has 0 unspecified atom stereocenters. The highest BCUT2D eigenvalue weighted by Crippen LogP contribution is 2.17. The van der Waals surface area contributed by atoms with Crippen LogP contribution in [0.4, 0.5) is 10.1 Å². The van der Waals surface area contributed by atoms with Crippen molar-refractivity contribution in [1.29, 1.82) is 0 Å². The summed E-state index contributed by atoms with van der Waals surface area (Å²) in [5, 5.41) is 17.6. The highest BCUT2D eigenvalue weighted by molar-refractivity contribution is 5.48. The van der Waals surface area contributed by atoms with E-state index in [0.717, 1.165) is 5.69 Å². The molecular formula is C14H16FNO2. The van der Waals surface area contributed by atoms with E-state index in [4.69, 9.17) is 10.2 Å². The van der Waals surface area contributed by atoms with Gasteiger partial charge in [-0.15, -0.1) is 0 Å². The average molecular weight is 249 g/mol. The number of hydrogen-bond donors (Lipinski definition) is 2. The van der Waals surface area contributed by atoms with Gasteiger partial charge in [-0.05, 0) is 24.3 Å². The fraction of sp³-hybridized carbons (Fsp3) is 0.143. The number of anilines is 1. The van der Waals surface area contributed by atoms with Gasteiger partial charge in [0.2, 0.25) is 0 Å². The lowest BCUT2D eigenvalue weighted by molar-refractivity contribution is 0.432. The number of phenols is 2. The van der Waals surface area contributed by atoms with Gasteiger partial charge in [0.15, 0.2) is 11.6 Å². The molecule has 0 bridgehead atoms. The molecule has 0 radical (unpaired) electrons. The molecule has 0 aliphatic heterocycles. The van der Waals surface area contributed by atoms with Crippen LogP contribution in [0.25, 0.3) is 0 Å². The molecule has 3 nitrogen and oxygen atoms in total. The van der Waals surface area contributed by atoms with Crippen molar-refractivity contribution in [2.45, 2.75) is 0 Å². The van der Waals surface area contributed by atoms with Gasteiger partial charge in [0.1, 0.15) is 5.75 Å². The number of rotatable bonds is 1. The Hall–Kier alpha value is -2.23.